The minimum absolute atomic E-state index is 0. The second kappa shape index (κ2) is 29.2. The van der Waals surface area contributed by atoms with Gasteiger partial charge >= 0.3 is 22.4 Å². The van der Waals surface area contributed by atoms with Crippen LogP contribution in [0, 0.1) is 26.3 Å². The van der Waals surface area contributed by atoms with Gasteiger partial charge in [0.15, 0.2) is 0 Å². The third-order valence-corrected chi connectivity index (χ3v) is 0.607. The van der Waals surface area contributed by atoms with Crippen LogP contribution in [0.5, 0.6) is 0 Å². The van der Waals surface area contributed by atoms with E-state index >= 15 is 0 Å². The van der Waals surface area contributed by atoms with E-state index in [1.807, 2.05) is 30.3 Å². The average molecular weight is 337 g/mol. The molecule has 1 rings (SSSR count). The standard InChI is InChI=1S/C6H5.C2H4O2.Ag.2HNO2/c1-2-4-6-5-3-1;1-2(3)4;;2*2-1-3/h1-5H;1H3,(H,3,4);;2*(H,2,3)/q-1;;+1;;/p-2. The molecule has 17 heavy (non-hydrogen) atoms. The van der Waals surface area contributed by atoms with Gasteiger partial charge in [-0.25, -0.2) is 0 Å². The molecule has 0 bridgehead atoms. The van der Waals surface area contributed by atoms with Crippen molar-refractivity contribution in [3.05, 3.63) is 56.6 Å². The van der Waals surface area contributed by atoms with Crippen molar-refractivity contribution in [1.82, 2.24) is 0 Å². The first kappa shape index (κ1) is 24.5. The molecule has 0 radical (unpaired) electrons. The number of benzene rings is 1. The third-order valence-electron chi connectivity index (χ3n) is 0.607. The van der Waals surface area contributed by atoms with Crippen LogP contribution in [0.4, 0.5) is 0 Å². The SMILES string of the molecule is CC(=O)O.O=N[O-].O=N[O-].[Ag+].[c-]1ccccc1. The van der Waals surface area contributed by atoms with Crippen LogP contribution < -0.4 is 0 Å². The van der Waals surface area contributed by atoms with E-state index in [9.17, 15) is 0 Å². The zero-order valence-corrected chi connectivity index (χ0v) is 10.1. The Hall–Kier alpha value is -1.77. The molecular formula is C8H9AgN2O6-2. The third kappa shape index (κ3) is 119. The molecule has 1 N–H and O–H groups in total. The Labute approximate surface area is 113 Å². The minimum Gasteiger partial charge on any atom is -0.481 e. The summed E-state index contributed by atoms with van der Waals surface area (Å²) in [4.78, 5) is 25.0. The molecule has 0 atom stereocenters. The molecule has 0 amide bonds. The Morgan fingerprint density at radius 2 is 1.35 bits per heavy atom. The summed E-state index contributed by atoms with van der Waals surface area (Å²) in [5, 5.41) is 25.4. The molecular weight excluding hydrogens is 328 g/mol. The van der Waals surface area contributed by atoms with Crippen molar-refractivity contribution in [3.8, 4) is 0 Å². The number of hydrogen-bond acceptors (Lipinski definition) is 7. The zero-order valence-electron chi connectivity index (χ0n) is 8.57. The Balaban J connectivity index is -0.0000000690. The molecule has 8 nitrogen and oxygen atoms in total. The molecule has 0 aromatic heterocycles. The van der Waals surface area contributed by atoms with Gasteiger partial charge in [-0.05, 0) is 0 Å². The van der Waals surface area contributed by atoms with Crippen molar-refractivity contribution in [2.24, 2.45) is 10.7 Å². The first-order valence-corrected chi connectivity index (χ1v) is 3.57. The van der Waals surface area contributed by atoms with Gasteiger partial charge in [0.25, 0.3) is 5.97 Å². The van der Waals surface area contributed by atoms with Gasteiger partial charge in [-0.15, -0.1) is 10.7 Å². The number of carboxylic acid groups (broad SMARTS) is 1. The van der Waals surface area contributed by atoms with Gasteiger partial charge in [0.1, 0.15) is 0 Å². The summed E-state index contributed by atoms with van der Waals surface area (Å²) in [5.74, 6) is -0.833. The van der Waals surface area contributed by atoms with Gasteiger partial charge < -0.3 is 25.3 Å². The second-order valence-corrected chi connectivity index (χ2v) is 1.75. The van der Waals surface area contributed by atoms with Crippen molar-refractivity contribution in [1.29, 1.82) is 0 Å². The van der Waals surface area contributed by atoms with Crippen molar-refractivity contribution in [2.45, 2.75) is 6.92 Å². The Morgan fingerprint density at radius 1 is 1.12 bits per heavy atom. The van der Waals surface area contributed by atoms with Crippen LogP contribution in [0.3, 0.4) is 0 Å². The minimum atomic E-state index is -0.833. The number of aliphatic carboxylic acids is 1. The zero-order chi connectivity index (χ0) is 13.2. The number of carboxylic acids is 1. The summed E-state index contributed by atoms with van der Waals surface area (Å²) in [6.45, 7) is 1.08. The number of rotatable bonds is 0. The fraction of sp³-hybridized carbons (Fsp3) is 0.125. The molecule has 0 aliphatic carbocycles. The van der Waals surface area contributed by atoms with Gasteiger partial charge in [-0.3, -0.25) is 4.79 Å². The second-order valence-electron chi connectivity index (χ2n) is 1.75. The number of carbonyl (C=O) groups is 1. The van der Waals surface area contributed by atoms with Gasteiger partial charge in [-0.2, -0.15) is 36.4 Å². The Kier molecular flexibility index (Phi) is 42.1. The molecule has 0 saturated heterocycles. The maximum atomic E-state index is 9.00. The van der Waals surface area contributed by atoms with E-state index in [2.05, 4.69) is 6.07 Å². The number of nitrogens with zero attached hydrogens (tertiary/aromatic N) is 2. The van der Waals surface area contributed by atoms with Gasteiger partial charge in [0.05, 0.1) is 0 Å². The maximum absolute atomic E-state index is 9.00. The summed E-state index contributed by atoms with van der Waals surface area (Å²) in [6.07, 6.45) is 0. The van der Waals surface area contributed by atoms with Crippen LogP contribution in [-0.4, -0.2) is 11.1 Å². The van der Waals surface area contributed by atoms with E-state index < -0.39 is 5.97 Å². The molecule has 1 aromatic rings. The van der Waals surface area contributed by atoms with Crippen LogP contribution in [0.15, 0.2) is 41.0 Å². The summed E-state index contributed by atoms with van der Waals surface area (Å²) in [6, 6.07) is 12.5. The molecule has 0 saturated carbocycles. The summed E-state index contributed by atoms with van der Waals surface area (Å²) in [5.41, 5.74) is 0. The first-order chi connectivity index (χ1) is 7.56. The molecule has 0 heterocycles. The van der Waals surface area contributed by atoms with Crippen molar-refractivity contribution < 1.29 is 32.3 Å². The van der Waals surface area contributed by atoms with E-state index in [-0.39, 0.29) is 22.4 Å². The quantitative estimate of drug-likeness (QED) is 0.332. The average Bonchev–Trinajstić information content (AvgIpc) is 2.22. The van der Waals surface area contributed by atoms with Crippen LogP contribution in [0.1, 0.15) is 6.92 Å². The van der Waals surface area contributed by atoms with Crippen LogP contribution in [-0.2, 0) is 27.2 Å². The van der Waals surface area contributed by atoms with Gasteiger partial charge in [0, 0.05) is 6.92 Å². The predicted molar refractivity (Wildman–Crippen MR) is 56.9 cm³/mol. The summed E-state index contributed by atoms with van der Waals surface area (Å²) in [7, 11) is 0. The summed E-state index contributed by atoms with van der Waals surface area (Å²) >= 11 is 0. The van der Waals surface area contributed by atoms with E-state index in [4.69, 9.17) is 30.1 Å². The van der Waals surface area contributed by atoms with Crippen molar-refractivity contribution in [3.63, 3.8) is 0 Å². The predicted octanol–water partition coefficient (Wildman–Crippen LogP) is 2.08. The number of hydrogen-bond donors (Lipinski definition) is 1. The smallest absolute Gasteiger partial charge is 0.481 e. The van der Waals surface area contributed by atoms with E-state index in [1.54, 1.807) is 0 Å². The largest absolute Gasteiger partial charge is 1.00 e. The van der Waals surface area contributed by atoms with E-state index in [1.165, 1.54) is 0 Å². The van der Waals surface area contributed by atoms with Crippen LogP contribution in [0.25, 0.3) is 0 Å². The summed E-state index contributed by atoms with van der Waals surface area (Å²) < 4.78 is 0. The maximum Gasteiger partial charge on any atom is 1.00 e. The Bertz CT molecular complexity index is 223. The molecule has 0 unspecified atom stereocenters. The molecule has 9 heteroatoms. The van der Waals surface area contributed by atoms with Crippen LogP contribution >= 0.6 is 0 Å². The fourth-order valence-electron chi connectivity index (χ4n) is 0.342. The molecule has 100 valence electrons. The Morgan fingerprint density at radius 3 is 1.41 bits per heavy atom. The molecule has 0 aliphatic rings. The molecule has 0 aliphatic heterocycles. The molecule has 0 fully saturated rings. The van der Waals surface area contributed by atoms with E-state index in [0.717, 1.165) is 17.6 Å². The topological polar surface area (TPSA) is 142 Å². The van der Waals surface area contributed by atoms with Gasteiger partial charge in [-0.1, -0.05) is 0 Å². The normalized spacial score (nSPS) is 5.71. The molecule has 0 spiro atoms. The fourth-order valence-corrected chi connectivity index (χ4v) is 0.342. The first-order valence-electron chi connectivity index (χ1n) is 3.57. The monoisotopic (exact) mass is 336 g/mol. The van der Waals surface area contributed by atoms with Crippen molar-refractivity contribution >= 4 is 5.97 Å². The van der Waals surface area contributed by atoms with Crippen LogP contribution in [0.2, 0.25) is 0 Å². The van der Waals surface area contributed by atoms with Gasteiger partial charge in [0.2, 0.25) is 0 Å². The molecule has 1 aromatic carbocycles. The van der Waals surface area contributed by atoms with Crippen molar-refractivity contribution in [2.75, 3.05) is 0 Å². The van der Waals surface area contributed by atoms with E-state index in [0.29, 0.717) is 0 Å².